The molecule has 1 N–H and O–H groups in total. The van der Waals surface area contributed by atoms with Gasteiger partial charge >= 0.3 is 0 Å². The molecule has 0 spiro atoms. The minimum absolute atomic E-state index is 0.0373. The summed E-state index contributed by atoms with van der Waals surface area (Å²) in [4.78, 5) is 27.6. The van der Waals surface area contributed by atoms with Crippen LogP contribution >= 0.6 is 0 Å². The number of ether oxygens (including phenoxy) is 3. The topological polar surface area (TPSA) is 77.1 Å². The molecule has 0 saturated heterocycles. The van der Waals surface area contributed by atoms with Crippen molar-refractivity contribution in [2.75, 3.05) is 32.7 Å². The van der Waals surface area contributed by atoms with E-state index in [9.17, 15) is 9.59 Å². The number of imide groups is 1. The van der Waals surface area contributed by atoms with E-state index >= 15 is 0 Å². The maximum absolute atomic E-state index is 13.2. The molecule has 0 unspecified atom stereocenters. The minimum atomic E-state index is -0.400. The molecule has 1 heterocycles. The van der Waals surface area contributed by atoms with Crippen LogP contribution < -0.4 is 14.8 Å². The predicted molar refractivity (Wildman–Crippen MR) is 119 cm³/mol. The van der Waals surface area contributed by atoms with Crippen molar-refractivity contribution in [1.82, 2.24) is 4.90 Å². The molecule has 7 heteroatoms. The van der Waals surface area contributed by atoms with Gasteiger partial charge in [-0.2, -0.15) is 0 Å². The van der Waals surface area contributed by atoms with E-state index in [0.29, 0.717) is 28.3 Å². The van der Waals surface area contributed by atoms with Gasteiger partial charge in [0.05, 0.1) is 37.6 Å². The molecule has 31 heavy (non-hydrogen) atoms. The van der Waals surface area contributed by atoms with Gasteiger partial charge in [-0.15, -0.1) is 0 Å². The third-order valence-corrected chi connectivity index (χ3v) is 4.82. The summed E-state index contributed by atoms with van der Waals surface area (Å²) in [6, 6.07) is 12.8. The lowest BCUT2D eigenvalue weighted by Gasteiger charge is -2.15. The van der Waals surface area contributed by atoms with Crippen molar-refractivity contribution in [2.45, 2.75) is 26.9 Å². The van der Waals surface area contributed by atoms with Crippen molar-refractivity contribution in [3.05, 3.63) is 59.3 Å². The first kappa shape index (κ1) is 22.4. The highest BCUT2D eigenvalue weighted by atomic mass is 16.5. The zero-order valence-corrected chi connectivity index (χ0v) is 18.5. The number of amides is 2. The summed E-state index contributed by atoms with van der Waals surface area (Å²) < 4.78 is 16.2. The van der Waals surface area contributed by atoms with Crippen molar-refractivity contribution in [3.63, 3.8) is 0 Å². The van der Waals surface area contributed by atoms with E-state index < -0.39 is 5.91 Å². The fourth-order valence-electron chi connectivity index (χ4n) is 3.37. The smallest absolute Gasteiger partial charge is 0.278 e. The number of hydrogen-bond acceptors (Lipinski definition) is 6. The molecule has 0 bridgehead atoms. The van der Waals surface area contributed by atoms with E-state index in [2.05, 4.69) is 5.32 Å². The Morgan fingerprint density at radius 2 is 1.71 bits per heavy atom. The molecule has 1 aliphatic heterocycles. The summed E-state index contributed by atoms with van der Waals surface area (Å²) in [7, 11) is 3.09. The van der Waals surface area contributed by atoms with E-state index in [1.165, 1.54) is 12.0 Å². The van der Waals surface area contributed by atoms with Gasteiger partial charge in [0.2, 0.25) is 0 Å². The Kier molecular flexibility index (Phi) is 6.97. The Balaban J connectivity index is 2.04. The van der Waals surface area contributed by atoms with Gasteiger partial charge in [0.1, 0.15) is 17.2 Å². The van der Waals surface area contributed by atoms with Crippen LogP contribution in [0, 0.1) is 6.92 Å². The number of hydrogen-bond donors (Lipinski definition) is 1. The van der Waals surface area contributed by atoms with Gasteiger partial charge in [-0.3, -0.25) is 14.5 Å². The number of anilines is 1. The maximum Gasteiger partial charge on any atom is 0.278 e. The molecule has 7 nitrogen and oxygen atoms in total. The molecule has 2 aromatic rings. The van der Waals surface area contributed by atoms with Crippen LogP contribution in [0.2, 0.25) is 0 Å². The molecular weight excluding hydrogens is 396 g/mol. The van der Waals surface area contributed by atoms with E-state index in [1.807, 2.05) is 39.0 Å². The van der Waals surface area contributed by atoms with Crippen LogP contribution in [0.4, 0.5) is 5.69 Å². The van der Waals surface area contributed by atoms with E-state index in [0.717, 1.165) is 5.56 Å². The molecule has 0 aliphatic carbocycles. The highest BCUT2D eigenvalue weighted by Gasteiger charge is 2.39. The summed E-state index contributed by atoms with van der Waals surface area (Å²) >= 11 is 0. The predicted octanol–water partition coefficient (Wildman–Crippen LogP) is 3.63. The number of methoxy groups -OCH3 is 2. The minimum Gasteiger partial charge on any atom is -0.495 e. The Morgan fingerprint density at radius 3 is 2.32 bits per heavy atom. The number of carbonyl (C=O) groups excluding carboxylic acids is 2. The SMILES string of the molecule is COCCN1C(=O)C(Nc2cc(C)ccc2OC)=C(c2ccc(OC(C)C)cc2)C1=O. The first-order valence-corrected chi connectivity index (χ1v) is 10.1. The molecular formula is C24H28N2O5. The molecule has 0 fully saturated rings. The molecule has 2 amide bonds. The molecule has 0 atom stereocenters. The number of rotatable bonds is 9. The summed E-state index contributed by atoms with van der Waals surface area (Å²) in [5.41, 5.74) is 2.75. The molecule has 1 aliphatic rings. The normalized spacial score (nSPS) is 13.9. The third kappa shape index (κ3) is 4.88. The fourth-order valence-corrected chi connectivity index (χ4v) is 3.37. The second-order valence-corrected chi connectivity index (χ2v) is 7.52. The number of nitrogens with one attached hydrogen (secondary N) is 1. The lowest BCUT2D eigenvalue weighted by atomic mass is 10.0. The highest BCUT2D eigenvalue weighted by Crippen LogP contribution is 2.34. The quantitative estimate of drug-likeness (QED) is 0.620. The Morgan fingerprint density at radius 1 is 1.00 bits per heavy atom. The Hall–Kier alpha value is -3.32. The zero-order chi connectivity index (χ0) is 22.5. The van der Waals surface area contributed by atoms with Gasteiger partial charge < -0.3 is 19.5 Å². The molecule has 164 valence electrons. The Labute approximate surface area is 182 Å². The van der Waals surface area contributed by atoms with E-state index in [-0.39, 0.29) is 30.9 Å². The average Bonchev–Trinajstić information content (AvgIpc) is 2.96. The standard InChI is InChI=1S/C24H28N2O5/c1-15(2)31-18-9-7-17(8-10-18)21-22(24(28)26(23(21)27)12-13-29-4)25-19-14-16(3)6-11-20(19)30-5/h6-11,14-15,25H,12-13H2,1-5H3. The number of aryl methyl sites for hydroxylation is 1. The van der Waals surface area contributed by atoms with Crippen molar-refractivity contribution < 1.29 is 23.8 Å². The van der Waals surface area contributed by atoms with Crippen molar-refractivity contribution in [3.8, 4) is 11.5 Å². The van der Waals surface area contributed by atoms with Crippen molar-refractivity contribution >= 4 is 23.1 Å². The number of nitrogens with zero attached hydrogens (tertiary/aromatic N) is 1. The van der Waals surface area contributed by atoms with Gasteiger partial charge in [-0.1, -0.05) is 18.2 Å². The lowest BCUT2D eigenvalue weighted by molar-refractivity contribution is -0.137. The Bertz CT molecular complexity index is 996. The average molecular weight is 424 g/mol. The summed E-state index contributed by atoms with van der Waals surface area (Å²) in [5, 5.41) is 3.15. The van der Waals surface area contributed by atoms with Gasteiger partial charge in [0, 0.05) is 7.11 Å². The van der Waals surface area contributed by atoms with Crippen LogP contribution in [0.3, 0.4) is 0 Å². The van der Waals surface area contributed by atoms with E-state index in [4.69, 9.17) is 14.2 Å². The van der Waals surface area contributed by atoms with Crippen molar-refractivity contribution in [1.29, 1.82) is 0 Å². The molecule has 3 rings (SSSR count). The number of benzene rings is 2. The van der Waals surface area contributed by atoms with Crippen LogP contribution in [0.1, 0.15) is 25.0 Å². The van der Waals surface area contributed by atoms with Gasteiger partial charge in [0.25, 0.3) is 11.8 Å². The lowest BCUT2D eigenvalue weighted by Crippen LogP contribution is -2.35. The van der Waals surface area contributed by atoms with Crippen LogP contribution in [-0.4, -0.2) is 50.2 Å². The molecule has 0 radical (unpaired) electrons. The largest absolute Gasteiger partial charge is 0.495 e. The third-order valence-electron chi connectivity index (χ3n) is 4.82. The first-order chi connectivity index (χ1) is 14.8. The monoisotopic (exact) mass is 424 g/mol. The van der Waals surface area contributed by atoms with Crippen LogP contribution in [0.15, 0.2) is 48.2 Å². The number of carbonyl (C=O) groups is 2. The van der Waals surface area contributed by atoms with Gasteiger partial charge in [0.15, 0.2) is 0 Å². The van der Waals surface area contributed by atoms with Gasteiger partial charge in [-0.05, 0) is 56.2 Å². The molecule has 0 aromatic heterocycles. The molecule has 2 aromatic carbocycles. The fraction of sp³-hybridized carbons (Fsp3) is 0.333. The summed E-state index contributed by atoms with van der Waals surface area (Å²) in [6.45, 7) is 6.26. The van der Waals surface area contributed by atoms with Crippen molar-refractivity contribution in [2.24, 2.45) is 0 Å². The van der Waals surface area contributed by atoms with Crippen LogP contribution in [0.25, 0.3) is 5.57 Å². The second-order valence-electron chi connectivity index (χ2n) is 7.52. The first-order valence-electron chi connectivity index (χ1n) is 10.1. The summed E-state index contributed by atoms with van der Waals surface area (Å²) in [5.74, 6) is 0.507. The van der Waals surface area contributed by atoms with Crippen LogP contribution in [0.5, 0.6) is 11.5 Å². The zero-order valence-electron chi connectivity index (χ0n) is 18.5. The van der Waals surface area contributed by atoms with E-state index in [1.54, 1.807) is 31.4 Å². The maximum atomic E-state index is 13.2. The molecule has 0 saturated carbocycles. The highest BCUT2D eigenvalue weighted by molar-refractivity contribution is 6.36. The van der Waals surface area contributed by atoms with Crippen LogP contribution in [-0.2, 0) is 14.3 Å². The second kappa shape index (κ2) is 9.66. The summed E-state index contributed by atoms with van der Waals surface area (Å²) in [6.07, 6.45) is 0.0373. The van der Waals surface area contributed by atoms with Gasteiger partial charge in [-0.25, -0.2) is 0 Å².